The third-order valence-corrected chi connectivity index (χ3v) is 3.57. The zero-order valence-electron chi connectivity index (χ0n) is 11.1. The number of amides is 1. The second-order valence-corrected chi connectivity index (χ2v) is 4.97. The molecule has 1 saturated heterocycles. The normalized spacial score (nSPS) is 16.9. The molecule has 0 aliphatic carbocycles. The maximum atomic E-state index is 11.2. The van der Waals surface area contributed by atoms with Gasteiger partial charge in [-0.2, -0.15) is 0 Å². The molecule has 98 valence electrons. The summed E-state index contributed by atoms with van der Waals surface area (Å²) in [5.74, 6) is 0.175. The van der Waals surface area contributed by atoms with Gasteiger partial charge in [0.15, 0.2) is 0 Å². The molecular weight excluding hydrogens is 226 g/mol. The van der Waals surface area contributed by atoms with Crippen molar-refractivity contribution >= 4 is 11.6 Å². The number of anilines is 1. The standard InChI is InChI=1S/C14H21N3O/c1-11-3-4-13(9-14(11)15)10-16-5-7-17(8-6-16)12(2)18/h3-4,9H,5-8,10,15H2,1-2H3. The number of rotatable bonds is 2. The summed E-state index contributed by atoms with van der Waals surface area (Å²) >= 11 is 0. The van der Waals surface area contributed by atoms with Crippen molar-refractivity contribution in [1.82, 2.24) is 9.80 Å². The van der Waals surface area contributed by atoms with E-state index < -0.39 is 0 Å². The molecule has 1 amide bonds. The zero-order chi connectivity index (χ0) is 13.1. The Kier molecular flexibility index (Phi) is 3.87. The molecule has 0 atom stereocenters. The molecule has 1 aliphatic rings. The van der Waals surface area contributed by atoms with Gasteiger partial charge in [-0.3, -0.25) is 9.69 Å². The van der Waals surface area contributed by atoms with Crippen molar-refractivity contribution in [3.05, 3.63) is 29.3 Å². The largest absolute Gasteiger partial charge is 0.399 e. The van der Waals surface area contributed by atoms with Crippen molar-refractivity contribution in [3.8, 4) is 0 Å². The molecule has 0 bridgehead atoms. The Morgan fingerprint density at radius 3 is 2.50 bits per heavy atom. The first-order valence-corrected chi connectivity index (χ1v) is 6.39. The molecule has 2 rings (SSSR count). The van der Waals surface area contributed by atoms with Gasteiger partial charge in [-0.15, -0.1) is 0 Å². The lowest BCUT2D eigenvalue weighted by atomic mass is 10.1. The van der Waals surface area contributed by atoms with Crippen molar-refractivity contribution in [3.63, 3.8) is 0 Å². The highest BCUT2D eigenvalue weighted by Crippen LogP contribution is 2.15. The van der Waals surface area contributed by atoms with E-state index in [0.717, 1.165) is 44.0 Å². The predicted octanol–water partition coefficient (Wildman–Crippen LogP) is 1.24. The number of nitrogens with two attached hydrogens (primary N) is 1. The minimum atomic E-state index is 0.175. The third-order valence-electron chi connectivity index (χ3n) is 3.57. The summed E-state index contributed by atoms with van der Waals surface area (Å²) in [4.78, 5) is 15.5. The van der Waals surface area contributed by atoms with Crippen LogP contribution < -0.4 is 5.73 Å². The summed E-state index contributed by atoms with van der Waals surface area (Å²) < 4.78 is 0. The van der Waals surface area contributed by atoms with E-state index in [1.165, 1.54) is 5.56 Å². The predicted molar refractivity (Wildman–Crippen MR) is 73.1 cm³/mol. The van der Waals surface area contributed by atoms with E-state index in [1.807, 2.05) is 17.9 Å². The molecule has 1 heterocycles. The number of carbonyl (C=O) groups excluding carboxylic acids is 1. The Labute approximate surface area is 108 Å². The van der Waals surface area contributed by atoms with Gasteiger partial charge in [-0.25, -0.2) is 0 Å². The molecule has 1 aliphatic heterocycles. The van der Waals surface area contributed by atoms with Crippen LogP contribution in [0.1, 0.15) is 18.1 Å². The first kappa shape index (κ1) is 12.9. The smallest absolute Gasteiger partial charge is 0.219 e. The van der Waals surface area contributed by atoms with Crippen LogP contribution in [0.25, 0.3) is 0 Å². The topological polar surface area (TPSA) is 49.6 Å². The molecule has 0 spiro atoms. The fourth-order valence-electron chi connectivity index (χ4n) is 2.27. The second kappa shape index (κ2) is 5.40. The maximum Gasteiger partial charge on any atom is 0.219 e. The molecule has 0 radical (unpaired) electrons. The van der Waals surface area contributed by atoms with E-state index in [-0.39, 0.29) is 5.91 Å². The van der Waals surface area contributed by atoms with Crippen LogP contribution in [0.3, 0.4) is 0 Å². The molecule has 1 aromatic carbocycles. The minimum Gasteiger partial charge on any atom is -0.399 e. The summed E-state index contributed by atoms with van der Waals surface area (Å²) in [6.45, 7) is 8.10. The Morgan fingerprint density at radius 2 is 1.94 bits per heavy atom. The number of nitrogens with zero attached hydrogens (tertiary/aromatic N) is 2. The molecular formula is C14H21N3O. The Balaban J connectivity index is 1.91. The van der Waals surface area contributed by atoms with Crippen LogP contribution in [-0.4, -0.2) is 41.9 Å². The Morgan fingerprint density at radius 1 is 1.28 bits per heavy atom. The van der Waals surface area contributed by atoms with E-state index in [4.69, 9.17) is 5.73 Å². The van der Waals surface area contributed by atoms with Crippen LogP contribution >= 0.6 is 0 Å². The quantitative estimate of drug-likeness (QED) is 0.800. The van der Waals surface area contributed by atoms with Crippen molar-refractivity contribution in [2.45, 2.75) is 20.4 Å². The summed E-state index contributed by atoms with van der Waals surface area (Å²) in [5.41, 5.74) is 9.14. The van der Waals surface area contributed by atoms with Crippen LogP contribution in [0.15, 0.2) is 18.2 Å². The zero-order valence-corrected chi connectivity index (χ0v) is 11.1. The van der Waals surface area contributed by atoms with Gasteiger partial charge in [0.25, 0.3) is 0 Å². The average Bonchev–Trinajstić information content (AvgIpc) is 2.34. The molecule has 18 heavy (non-hydrogen) atoms. The first-order chi connectivity index (χ1) is 8.56. The lowest BCUT2D eigenvalue weighted by Gasteiger charge is -2.34. The highest BCUT2D eigenvalue weighted by atomic mass is 16.2. The van der Waals surface area contributed by atoms with Gasteiger partial charge in [-0.1, -0.05) is 12.1 Å². The van der Waals surface area contributed by atoms with Crippen LogP contribution in [0.2, 0.25) is 0 Å². The number of hydrogen-bond acceptors (Lipinski definition) is 3. The molecule has 0 unspecified atom stereocenters. The number of carbonyl (C=O) groups is 1. The summed E-state index contributed by atoms with van der Waals surface area (Å²) in [6, 6.07) is 6.24. The summed E-state index contributed by atoms with van der Waals surface area (Å²) in [6.07, 6.45) is 0. The van der Waals surface area contributed by atoms with Gasteiger partial charge >= 0.3 is 0 Å². The number of piperazine rings is 1. The van der Waals surface area contributed by atoms with E-state index in [1.54, 1.807) is 6.92 Å². The Hall–Kier alpha value is -1.55. The SMILES string of the molecule is CC(=O)N1CCN(Cc2ccc(C)c(N)c2)CC1. The van der Waals surface area contributed by atoms with Crippen LogP contribution in [0, 0.1) is 6.92 Å². The van der Waals surface area contributed by atoms with Crippen molar-refractivity contribution in [1.29, 1.82) is 0 Å². The van der Waals surface area contributed by atoms with Gasteiger partial charge in [0, 0.05) is 45.3 Å². The fraction of sp³-hybridized carbons (Fsp3) is 0.500. The number of benzene rings is 1. The van der Waals surface area contributed by atoms with Gasteiger partial charge in [0.05, 0.1) is 0 Å². The molecule has 0 saturated carbocycles. The fourth-order valence-corrected chi connectivity index (χ4v) is 2.27. The van der Waals surface area contributed by atoms with E-state index in [9.17, 15) is 4.79 Å². The summed E-state index contributed by atoms with van der Waals surface area (Å²) in [5, 5.41) is 0. The second-order valence-electron chi connectivity index (χ2n) is 4.97. The van der Waals surface area contributed by atoms with Gasteiger partial charge < -0.3 is 10.6 Å². The molecule has 2 N–H and O–H groups in total. The van der Waals surface area contributed by atoms with Crippen LogP contribution in [0.4, 0.5) is 5.69 Å². The molecule has 1 aromatic rings. The Bertz CT molecular complexity index is 437. The molecule has 4 heteroatoms. The van der Waals surface area contributed by atoms with Gasteiger partial charge in [-0.05, 0) is 24.1 Å². The molecule has 1 fully saturated rings. The van der Waals surface area contributed by atoms with Crippen molar-refractivity contribution < 1.29 is 4.79 Å². The molecule has 4 nitrogen and oxygen atoms in total. The number of nitrogen functional groups attached to an aromatic ring is 1. The van der Waals surface area contributed by atoms with Crippen molar-refractivity contribution in [2.75, 3.05) is 31.9 Å². The maximum absolute atomic E-state index is 11.2. The summed E-state index contributed by atoms with van der Waals surface area (Å²) in [7, 11) is 0. The first-order valence-electron chi connectivity index (χ1n) is 6.39. The van der Waals surface area contributed by atoms with E-state index >= 15 is 0 Å². The minimum absolute atomic E-state index is 0.175. The van der Waals surface area contributed by atoms with Gasteiger partial charge in [0.2, 0.25) is 5.91 Å². The van der Waals surface area contributed by atoms with Crippen LogP contribution in [0.5, 0.6) is 0 Å². The monoisotopic (exact) mass is 247 g/mol. The van der Waals surface area contributed by atoms with E-state index in [2.05, 4.69) is 17.0 Å². The third kappa shape index (κ3) is 3.01. The highest BCUT2D eigenvalue weighted by Gasteiger charge is 2.18. The average molecular weight is 247 g/mol. The lowest BCUT2D eigenvalue weighted by molar-refractivity contribution is -0.130. The number of hydrogen-bond donors (Lipinski definition) is 1. The van der Waals surface area contributed by atoms with Gasteiger partial charge in [0.1, 0.15) is 0 Å². The molecule has 0 aromatic heterocycles. The van der Waals surface area contributed by atoms with Crippen LogP contribution in [-0.2, 0) is 11.3 Å². The van der Waals surface area contributed by atoms with Crippen molar-refractivity contribution in [2.24, 2.45) is 0 Å². The lowest BCUT2D eigenvalue weighted by Crippen LogP contribution is -2.47. The highest BCUT2D eigenvalue weighted by molar-refractivity contribution is 5.73. The van der Waals surface area contributed by atoms with E-state index in [0.29, 0.717) is 0 Å². The number of aryl methyl sites for hydroxylation is 1.